The Labute approximate surface area is 118 Å². The van der Waals surface area contributed by atoms with Gasteiger partial charge in [0.1, 0.15) is 24.7 Å². The van der Waals surface area contributed by atoms with E-state index < -0.39 is 0 Å². The van der Waals surface area contributed by atoms with Crippen molar-refractivity contribution in [2.24, 2.45) is 0 Å². The molecule has 1 aromatic heterocycles. The van der Waals surface area contributed by atoms with Crippen LogP contribution in [-0.4, -0.2) is 17.4 Å². The Kier molecular flexibility index (Phi) is 4.76. The molecule has 0 saturated heterocycles. The molecule has 0 aliphatic rings. The molecule has 1 heterocycles. The maximum absolute atomic E-state index is 9.16. The highest BCUT2D eigenvalue weighted by molar-refractivity contribution is 5.43. The zero-order valence-electron chi connectivity index (χ0n) is 12.0. The molecule has 2 aromatic rings. The molecule has 0 aliphatic carbocycles. The van der Waals surface area contributed by atoms with Crippen molar-refractivity contribution in [1.82, 2.24) is 5.16 Å². The Morgan fingerprint density at radius 1 is 1.15 bits per heavy atom. The molecular formula is C15H19NO4. The zero-order chi connectivity index (χ0) is 14.5. The number of methoxy groups -OCH3 is 1. The Hall–Kier alpha value is -1.85. The third-order valence-corrected chi connectivity index (χ3v) is 2.96. The average Bonchev–Trinajstić information content (AvgIpc) is 2.85. The summed E-state index contributed by atoms with van der Waals surface area (Å²) in [7, 11) is 1.61. The van der Waals surface area contributed by atoms with Crippen molar-refractivity contribution >= 4 is 0 Å². The molecule has 5 heteroatoms. The van der Waals surface area contributed by atoms with Crippen LogP contribution >= 0.6 is 0 Å². The van der Waals surface area contributed by atoms with E-state index in [-0.39, 0.29) is 6.61 Å². The minimum absolute atomic E-state index is 0.0334. The van der Waals surface area contributed by atoms with Gasteiger partial charge in [-0.05, 0) is 30.5 Å². The number of hydrogen-bond acceptors (Lipinski definition) is 5. The highest BCUT2D eigenvalue weighted by atomic mass is 16.5. The van der Waals surface area contributed by atoms with Crippen molar-refractivity contribution in [2.45, 2.75) is 33.7 Å². The Balaban J connectivity index is 2.06. The van der Waals surface area contributed by atoms with E-state index in [4.69, 9.17) is 19.1 Å². The SMILES string of the molecule is COCc1cc(COc2c(C)cc(CO)cc2C)no1. The normalized spacial score (nSPS) is 10.8. The maximum atomic E-state index is 9.16. The van der Waals surface area contributed by atoms with E-state index in [0.29, 0.717) is 19.0 Å². The molecule has 20 heavy (non-hydrogen) atoms. The summed E-state index contributed by atoms with van der Waals surface area (Å²) in [5.74, 6) is 1.49. The summed E-state index contributed by atoms with van der Waals surface area (Å²) in [5.41, 5.74) is 3.60. The van der Waals surface area contributed by atoms with Crippen molar-refractivity contribution in [1.29, 1.82) is 0 Å². The lowest BCUT2D eigenvalue weighted by molar-refractivity contribution is 0.155. The van der Waals surface area contributed by atoms with Gasteiger partial charge in [0.2, 0.25) is 0 Å². The number of nitrogens with zero attached hydrogens (tertiary/aromatic N) is 1. The molecule has 2 rings (SSSR count). The van der Waals surface area contributed by atoms with E-state index in [2.05, 4.69) is 5.16 Å². The molecular weight excluding hydrogens is 258 g/mol. The molecule has 1 N–H and O–H groups in total. The third kappa shape index (κ3) is 3.37. The van der Waals surface area contributed by atoms with E-state index in [9.17, 15) is 0 Å². The molecule has 0 saturated carbocycles. The van der Waals surface area contributed by atoms with Crippen LogP contribution < -0.4 is 4.74 Å². The van der Waals surface area contributed by atoms with E-state index in [1.165, 1.54) is 0 Å². The largest absolute Gasteiger partial charge is 0.487 e. The summed E-state index contributed by atoms with van der Waals surface area (Å²) in [4.78, 5) is 0. The van der Waals surface area contributed by atoms with E-state index >= 15 is 0 Å². The second kappa shape index (κ2) is 6.54. The number of aryl methyl sites for hydroxylation is 2. The standard InChI is InChI=1S/C15H19NO4/c1-10-4-12(7-17)5-11(2)15(10)19-8-13-6-14(9-18-3)20-16-13/h4-6,17H,7-9H2,1-3H3. The van der Waals surface area contributed by atoms with Crippen LogP contribution in [0.25, 0.3) is 0 Å². The van der Waals surface area contributed by atoms with Crippen molar-refractivity contribution in [2.75, 3.05) is 7.11 Å². The lowest BCUT2D eigenvalue weighted by atomic mass is 10.1. The highest BCUT2D eigenvalue weighted by Gasteiger charge is 2.09. The molecule has 108 valence electrons. The summed E-state index contributed by atoms with van der Waals surface area (Å²) < 4.78 is 15.9. The Bertz CT molecular complexity index is 554. The van der Waals surface area contributed by atoms with Gasteiger partial charge < -0.3 is 19.1 Å². The van der Waals surface area contributed by atoms with Crippen molar-refractivity contribution in [3.63, 3.8) is 0 Å². The van der Waals surface area contributed by atoms with Crippen LogP contribution in [0.2, 0.25) is 0 Å². The quantitative estimate of drug-likeness (QED) is 0.879. The predicted molar refractivity (Wildman–Crippen MR) is 73.4 cm³/mol. The second-order valence-electron chi connectivity index (χ2n) is 4.72. The summed E-state index contributed by atoms with van der Waals surface area (Å²) in [6.07, 6.45) is 0. The molecule has 5 nitrogen and oxygen atoms in total. The topological polar surface area (TPSA) is 64.7 Å². The molecule has 0 amide bonds. The van der Waals surface area contributed by atoms with Gasteiger partial charge in [0, 0.05) is 13.2 Å². The molecule has 0 unspecified atom stereocenters. The highest BCUT2D eigenvalue weighted by Crippen LogP contribution is 2.25. The minimum Gasteiger partial charge on any atom is -0.487 e. The van der Waals surface area contributed by atoms with Gasteiger partial charge in [-0.1, -0.05) is 17.3 Å². The number of benzene rings is 1. The van der Waals surface area contributed by atoms with Crippen LogP contribution in [0.15, 0.2) is 22.7 Å². The number of rotatable bonds is 6. The predicted octanol–water partition coefficient (Wildman–Crippen LogP) is 2.51. The van der Waals surface area contributed by atoms with E-state index in [1.807, 2.05) is 32.0 Å². The van der Waals surface area contributed by atoms with Crippen LogP contribution in [0.1, 0.15) is 28.1 Å². The van der Waals surface area contributed by atoms with Gasteiger partial charge >= 0.3 is 0 Å². The van der Waals surface area contributed by atoms with Crippen LogP contribution in [0.5, 0.6) is 5.75 Å². The zero-order valence-corrected chi connectivity index (χ0v) is 12.0. The molecule has 0 radical (unpaired) electrons. The van der Waals surface area contributed by atoms with Gasteiger partial charge in [-0.3, -0.25) is 0 Å². The van der Waals surface area contributed by atoms with Crippen LogP contribution in [-0.2, 0) is 24.6 Å². The fourth-order valence-corrected chi connectivity index (χ4v) is 2.14. The van der Waals surface area contributed by atoms with Crippen molar-refractivity contribution in [3.05, 3.63) is 46.3 Å². The molecule has 0 atom stereocenters. The number of aromatic nitrogens is 1. The Morgan fingerprint density at radius 2 is 1.85 bits per heavy atom. The number of aliphatic hydroxyl groups is 1. The fraction of sp³-hybridized carbons (Fsp3) is 0.400. The van der Waals surface area contributed by atoms with Gasteiger partial charge in [-0.25, -0.2) is 0 Å². The Morgan fingerprint density at radius 3 is 2.45 bits per heavy atom. The second-order valence-corrected chi connectivity index (χ2v) is 4.72. The van der Waals surface area contributed by atoms with Gasteiger partial charge in [0.05, 0.1) is 6.61 Å². The van der Waals surface area contributed by atoms with Crippen LogP contribution in [0.4, 0.5) is 0 Å². The van der Waals surface area contributed by atoms with E-state index in [0.717, 1.165) is 28.1 Å². The van der Waals surface area contributed by atoms with Gasteiger partial charge in [0.25, 0.3) is 0 Å². The van der Waals surface area contributed by atoms with Gasteiger partial charge in [0.15, 0.2) is 5.76 Å². The average molecular weight is 277 g/mol. The first-order valence-electron chi connectivity index (χ1n) is 6.41. The summed E-state index contributed by atoms with van der Waals surface area (Å²) in [5, 5.41) is 13.1. The third-order valence-electron chi connectivity index (χ3n) is 2.96. The monoisotopic (exact) mass is 277 g/mol. The lowest BCUT2D eigenvalue weighted by Gasteiger charge is -2.12. The first-order valence-corrected chi connectivity index (χ1v) is 6.41. The van der Waals surface area contributed by atoms with Crippen LogP contribution in [0.3, 0.4) is 0 Å². The lowest BCUT2D eigenvalue weighted by Crippen LogP contribution is -2.00. The number of ether oxygens (including phenoxy) is 2. The molecule has 0 bridgehead atoms. The first-order chi connectivity index (χ1) is 9.63. The van der Waals surface area contributed by atoms with Gasteiger partial charge in [-0.2, -0.15) is 0 Å². The summed E-state index contributed by atoms with van der Waals surface area (Å²) in [6.45, 7) is 4.69. The minimum atomic E-state index is 0.0334. The molecule has 0 fully saturated rings. The summed E-state index contributed by atoms with van der Waals surface area (Å²) >= 11 is 0. The first kappa shape index (κ1) is 14.6. The number of aliphatic hydroxyl groups excluding tert-OH is 1. The van der Waals surface area contributed by atoms with Crippen LogP contribution in [0, 0.1) is 13.8 Å². The number of hydrogen-bond donors (Lipinski definition) is 1. The molecule has 0 aliphatic heterocycles. The summed E-state index contributed by atoms with van der Waals surface area (Å²) in [6, 6.07) is 5.65. The molecule has 1 aromatic carbocycles. The fourth-order valence-electron chi connectivity index (χ4n) is 2.14. The van der Waals surface area contributed by atoms with Gasteiger partial charge in [-0.15, -0.1) is 0 Å². The van der Waals surface area contributed by atoms with Crippen molar-refractivity contribution < 1.29 is 19.1 Å². The van der Waals surface area contributed by atoms with Crippen molar-refractivity contribution in [3.8, 4) is 5.75 Å². The molecule has 0 spiro atoms. The van der Waals surface area contributed by atoms with E-state index in [1.54, 1.807) is 7.11 Å². The maximum Gasteiger partial charge on any atom is 0.162 e. The smallest absolute Gasteiger partial charge is 0.162 e.